The summed E-state index contributed by atoms with van der Waals surface area (Å²) >= 11 is 0. The van der Waals surface area contributed by atoms with Crippen LogP contribution in [0.5, 0.6) is 0 Å². The van der Waals surface area contributed by atoms with Crippen LogP contribution in [0.3, 0.4) is 0 Å². The van der Waals surface area contributed by atoms with Gasteiger partial charge in [-0.15, -0.1) is 0 Å². The van der Waals surface area contributed by atoms with Crippen molar-refractivity contribution in [2.45, 2.75) is 38.5 Å². The minimum Gasteiger partial charge on any atom is -0.310 e. The molecule has 0 aliphatic heterocycles. The number of benzene rings is 9. The molecule has 9 aromatic carbocycles. The minimum absolute atomic E-state index is 0.227. The average molecular weight is 745 g/mol. The summed E-state index contributed by atoms with van der Waals surface area (Å²) in [5, 5.41) is 5.13. The van der Waals surface area contributed by atoms with E-state index < -0.39 is 0 Å². The molecule has 0 spiro atoms. The van der Waals surface area contributed by atoms with Gasteiger partial charge in [-0.2, -0.15) is 0 Å². The van der Waals surface area contributed by atoms with Crippen LogP contribution in [0.15, 0.2) is 194 Å². The number of hydrogen-bond donors (Lipinski definition) is 0. The largest absolute Gasteiger partial charge is 0.310 e. The zero-order valence-corrected chi connectivity index (χ0v) is 33.4. The second-order valence-electron chi connectivity index (χ2n) is 16.9. The van der Waals surface area contributed by atoms with Crippen molar-refractivity contribution in [3.8, 4) is 22.3 Å². The van der Waals surface area contributed by atoms with Gasteiger partial charge in [-0.25, -0.2) is 0 Å². The molecule has 0 aromatic heterocycles. The maximum absolute atomic E-state index is 2.56. The third-order valence-electron chi connectivity index (χ3n) is 12.9. The molecule has 0 N–H and O–H groups in total. The van der Waals surface area contributed by atoms with Crippen molar-refractivity contribution in [1.82, 2.24) is 0 Å². The number of hydrogen-bond acceptors (Lipinski definition) is 2. The summed E-state index contributed by atoms with van der Waals surface area (Å²) < 4.78 is 0. The highest BCUT2D eigenvalue weighted by Gasteiger charge is 2.44. The zero-order chi connectivity index (χ0) is 39.2. The third-order valence-corrected chi connectivity index (χ3v) is 12.9. The highest BCUT2D eigenvalue weighted by Crippen LogP contribution is 2.60. The average Bonchev–Trinajstić information content (AvgIpc) is 3.63. The van der Waals surface area contributed by atoms with E-state index in [1.807, 2.05) is 0 Å². The molecule has 2 aliphatic rings. The third kappa shape index (κ3) is 4.98. The Morgan fingerprint density at radius 1 is 0.293 bits per heavy atom. The SMILES string of the molecule is CC1(C)c2cc3c(cc2-c2cc(N(c4ccccc4)c4ccccc4)c4ccccc4c21)C(C)(C)c1c-3cc(N(c2ccccc2)c2ccccc2)c2ccccc12. The molecule has 2 aliphatic carbocycles. The molecule has 58 heavy (non-hydrogen) atoms. The van der Waals surface area contributed by atoms with Gasteiger partial charge < -0.3 is 9.80 Å². The topological polar surface area (TPSA) is 6.48 Å². The van der Waals surface area contributed by atoms with E-state index >= 15 is 0 Å². The molecule has 0 saturated carbocycles. The number of para-hydroxylation sites is 4. The molecule has 11 rings (SSSR count). The van der Waals surface area contributed by atoms with Gasteiger partial charge in [0.05, 0.1) is 11.4 Å². The van der Waals surface area contributed by atoms with Crippen molar-refractivity contribution in [3.63, 3.8) is 0 Å². The molecule has 0 amide bonds. The van der Waals surface area contributed by atoms with E-state index in [0.717, 1.165) is 22.7 Å². The van der Waals surface area contributed by atoms with E-state index in [4.69, 9.17) is 0 Å². The van der Waals surface area contributed by atoms with E-state index in [2.05, 4.69) is 232 Å². The van der Waals surface area contributed by atoms with E-state index in [9.17, 15) is 0 Å². The Morgan fingerprint density at radius 3 is 0.879 bits per heavy atom. The smallest absolute Gasteiger partial charge is 0.0546 e. The lowest BCUT2D eigenvalue weighted by Crippen LogP contribution is -2.18. The highest BCUT2D eigenvalue weighted by molar-refractivity contribution is 6.10. The van der Waals surface area contributed by atoms with Crippen LogP contribution in [-0.2, 0) is 10.8 Å². The lowest BCUT2D eigenvalue weighted by atomic mass is 9.78. The van der Waals surface area contributed by atoms with Crippen molar-refractivity contribution in [1.29, 1.82) is 0 Å². The van der Waals surface area contributed by atoms with Crippen molar-refractivity contribution in [3.05, 3.63) is 216 Å². The van der Waals surface area contributed by atoms with Crippen LogP contribution in [0.2, 0.25) is 0 Å². The van der Waals surface area contributed by atoms with Crippen LogP contribution < -0.4 is 9.80 Å². The van der Waals surface area contributed by atoms with Crippen LogP contribution in [0, 0.1) is 0 Å². The molecular weight excluding hydrogens is 701 g/mol. The van der Waals surface area contributed by atoms with Crippen LogP contribution in [0.25, 0.3) is 43.8 Å². The zero-order valence-electron chi connectivity index (χ0n) is 33.4. The van der Waals surface area contributed by atoms with Gasteiger partial charge in [-0.05, 0) is 128 Å². The Morgan fingerprint density at radius 2 is 0.569 bits per heavy atom. The van der Waals surface area contributed by atoms with E-state index in [1.165, 1.54) is 77.4 Å². The fourth-order valence-electron chi connectivity index (χ4n) is 10.4. The number of nitrogens with zero attached hydrogens (tertiary/aromatic N) is 2. The minimum atomic E-state index is -0.227. The molecule has 2 heteroatoms. The summed E-state index contributed by atoms with van der Waals surface area (Å²) in [7, 11) is 0. The summed E-state index contributed by atoms with van der Waals surface area (Å²) in [5.41, 5.74) is 17.4. The number of anilines is 6. The van der Waals surface area contributed by atoms with E-state index in [-0.39, 0.29) is 10.8 Å². The fraction of sp³-hybridized carbons (Fsp3) is 0.107. The van der Waals surface area contributed by atoms with Gasteiger partial charge in [-0.1, -0.05) is 149 Å². The molecule has 278 valence electrons. The lowest BCUT2D eigenvalue weighted by molar-refractivity contribution is 0.657. The molecule has 0 unspecified atom stereocenters. The first kappa shape index (κ1) is 34.4. The monoisotopic (exact) mass is 744 g/mol. The Kier molecular flexibility index (Phi) is 7.59. The van der Waals surface area contributed by atoms with Gasteiger partial charge in [0.15, 0.2) is 0 Å². The summed E-state index contributed by atoms with van der Waals surface area (Å²) in [5.74, 6) is 0. The first-order chi connectivity index (χ1) is 28.3. The predicted octanol–water partition coefficient (Wildman–Crippen LogP) is 15.5. The number of rotatable bonds is 6. The van der Waals surface area contributed by atoms with Crippen LogP contribution in [0.1, 0.15) is 49.9 Å². The molecule has 2 nitrogen and oxygen atoms in total. The molecule has 0 radical (unpaired) electrons. The fourth-order valence-corrected chi connectivity index (χ4v) is 10.4. The number of fused-ring (bicyclic) bond motifs is 10. The molecule has 0 atom stereocenters. The van der Waals surface area contributed by atoms with Crippen molar-refractivity contribution < 1.29 is 0 Å². The van der Waals surface area contributed by atoms with Crippen molar-refractivity contribution in [2.75, 3.05) is 9.80 Å². The predicted molar refractivity (Wildman–Crippen MR) is 246 cm³/mol. The van der Waals surface area contributed by atoms with Crippen LogP contribution in [-0.4, -0.2) is 0 Å². The van der Waals surface area contributed by atoms with Gasteiger partial charge in [0.25, 0.3) is 0 Å². The van der Waals surface area contributed by atoms with Crippen molar-refractivity contribution in [2.24, 2.45) is 0 Å². The Bertz CT molecular complexity index is 2750. The van der Waals surface area contributed by atoms with Crippen LogP contribution >= 0.6 is 0 Å². The van der Waals surface area contributed by atoms with Gasteiger partial charge in [0.1, 0.15) is 0 Å². The highest BCUT2D eigenvalue weighted by atomic mass is 15.1. The molecule has 0 saturated heterocycles. The maximum Gasteiger partial charge on any atom is 0.0546 e. The molecular formula is C56H44N2. The maximum atomic E-state index is 2.56. The second kappa shape index (κ2) is 12.8. The molecule has 0 bridgehead atoms. The first-order valence-electron chi connectivity index (χ1n) is 20.4. The summed E-state index contributed by atoms with van der Waals surface area (Å²) in [6.45, 7) is 9.73. The quantitative estimate of drug-likeness (QED) is 0.167. The summed E-state index contributed by atoms with van der Waals surface area (Å²) in [4.78, 5) is 4.86. The van der Waals surface area contributed by atoms with Gasteiger partial charge in [-0.3, -0.25) is 0 Å². The first-order valence-corrected chi connectivity index (χ1v) is 20.4. The van der Waals surface area contributed by atoms with Gasteiger partial charge in [0, 0.05) is 44.4 Å². The van der Waals surface area contributed by atoms with E-state index in [1.54, 1.807) is 0 Å². The Labute approximate surface area is 341 Å². The Hall–Kier alpha value is -6.90. The molecule has 9 aromatic rings. The van der Waals surface area contributed by atoms with Crippen LogP contribution in [0.4, 0.5) is 34.1 Å². The molecule has 0 fully saturated rings. The molecule has 0 heterocycles. The summed E-state index contributed by atoms with van der Waals surface area (Å²) in [6, 6.07) is 71.4. The van der Waals surface area contributed by atoms with Gasteiger partial charge >= 0.3 is 0 Å². The van der Waals surface area contributed by atoms with Gasteiger partial charge in [0.2, 0.25) is 0 Å². The van der Waals surface area contributed by atoms with Crippen molar-refractivity contribution >= 4 is 55.7 Å². The normalized spacial score (nSPS) is 14.1. The standard InChI is InChI=1S/C56H44N2/c1-55(2)49-33-46-48-36-52(58(39-25-13-7-14-26-39)40-27-15-8-16-28-40)42-30-18-20-32-44(42)54(48)56(3,4)50(46)34-45(49)47-35-51(41-29-17-19-31-43(41)53(47)55)57(37-21-9-5-10-22-37)38-23-11-6-12-24-38/h5-36H,1-4H3. The Balaban J connectivity index is 1.17. The lowest BCUT2D eigenvalue weighted by Gasteiger charge is -2.29. The van der Waals surface area contributed by atoms with E-state index in [0.29, 0.717) is 0 Å². The summed E-state index contributed by atoms with van der Waals surface area (Å²) in [6.07, 6.45) is 0. The second-order valence-corrected chi connectivity index (χ2v) is 16.9.